The van der Waals surface area contributed by atoms with Gasteiger partial charge in [-0.05, 0) is 33.1 Å². The van der Waals surface area contributed by atoms with E-state index in [1.54, 1.807) is 0 Å². The summed E-state index contributed by atoms with van der Waals surface area (Å²) in [5.74, 6) is 1.82. The molecule has 0 saturated carbocycles. The van der Waals surface area contributed by atoms with Crippen LogP contribution in [-0.2, 0) is 11.2 Å². The van der Waals surface area contributed by atoms with E-state index in [4.69, 9.17) is 4.74 Å². The lowest BCUT2D eigenvalue weighted by Crippen LogP contribution is -2.54. The highest BCUT2D eigenvalue weighted by molar-refractivity contribution is 5.30. The minimum Gasteiger partial charge on any atom is -0.378 e. The van der Waals surface area contributed by atoms with Gasteiger partial charge in [-0.2, -0.15) is 4.98 Å². The van der Waals surface area contributed by atoms with Gasteiger partial charge in [0.1, 0.15) is 5.82 Å². The Balaban J connectivity index is 1.55. The molecule has 3 atom stereocenters. The summed E-state index contributed by atoms with van der Waals surface area (Å²) >= 11 is 0. The van der Waals surface area contributed by atoms with Crippen molar-refractivity contribution >= 4 is 5.95 Å². The molecule has 0 aliphatic carbocycles. The maximum absolute atomic E-state index is 5.65. The van der Waals surface area contributed by atoms with Gasteiger partial charge in [0, 0.05) is 38.2 Å². The van der Waals surface area contributed by atoms with E-state index in [9.17, 15) is 0 Å². The van der Waals surface area contributed by atoms with Crippen LogP contribution in [0, 0.1) is 0 Å². The third-order valence-corrected chi connectivity index (χ3v) is 4.09. The zero-order valence-corrected chi connectivity index (χ0v) is 12.4. The van der Waals surface area contributed by atoms with Gasteiger partial charge < -0.3 is 15.0 Å². The van der Waals surface area contributed by atoms with Crippen molar-refractivity contribution in [3.05, 3.63) is 5.82 Å². The van der Waals surface area contributed by atoms with Crippen LogP contribution < -0.4 is 10.2 Å². The predicted molar refractivity (Wildman–Crippen MR) is 78.0 cm³/mol. The van der Waals surface area contributed by atoms with Crippen LogP contribution in [0.2, 0.25) is 0 Å². The Hall–Kier alpha value is -1.14. The Kier molecular flexibility index (Phi) is 4.21. The maximum atomic E-state index is 5.65. The van der Waals surface area contributed by atoms with Crippen molar-refractivity contribution in [2.45, 2.75) is 57.7 Å². The van der Waals surface area contributed by atoms with Crippen LogP contribution in [0.15, 0.2) is 0 Å². The van der Waals surface area contributed by atoms with Crippen LogP contribution in [0.3, 0.4) is 0 Å². The highest BCUT2D eigenvalue weighted by atomic mass is 16.5. The molecule has 3 unspecified atom stereocenters. The summed E-state index contributed by atoms with van der Waals surface area (Å²) in [5.41, 5.74) is 0. The fraction of sp³-hybridized carbons (Fsp3) is 0.857. The number of aromatic nitrogens is 3. The number of rotatable bonds is 4. The molecule has 112 valence electrons. The molecule has 0 aromatic carbocycles. The number of aromatic amines is 1. The highest BCUT2D eigenvalue weighted by Gasteiger charge is 2.24. The second kappa shape index (κ2) is 6.10. The van der Waals surface area contributed by atoms with Crippen LogP contribution in [0.5, 0.6) is 0 Å². The van der Waals surface area contributed by atoms with Crippen LogP contribution >= 0.6 is 0 Å². The number of nitrogens with one attached hydrogen (secondary N) is 2. The number of piperazine rings is 1. The molecule has 3 rings (SSSR count). The van der Waals surface area contributed by atoms with Gasteiger partial charge in [-0.15, -0.1) is 5.10 Å². The average Bonchev–Trinajstić information content (AvgIpc) is 3.07. The quantitative estimate of drug-likeness (QED) is 0.864. The second-order valence-electron chi connectivity index (χ2n) is 6.13. The standard InChI is InChI=1S/C14H25N5O/c1-10-8-19(9-11(2)15-10)14-16-13(17-18-14)6-5-12-4-3-7-20-12/h10-12,15H,3-9H2,1-2H3,(H,16,17,18). The Morgan fingerprint density at radius 1 is 1.30 bits per heavy atom. The van der Waals surface area contributed by atoms with Gasteiger partial charge in [0.2, 0.25) is 5.95 Å². The fourth-order valence-electron chi connectivity index (χ4n) is 3.20. The van der Waals surface area contributed by atoms with E-state index in [0.29, 0.717) is 18.2 Å². The third kappa shape index (κ3) is 3.30. The van der Waals surface area contributed by atoms with E-state index in [1.165, 1.54) is 12.8 Å². The molecule has 0 radical (unpaired) electrons. The lowest BCUT2D eigenvalue weighted by molar-refractivity contribution is 0.104. The number of ether oxygens (including phenoxy) is 1. The van der Waals surface area contributed by atoms with E-state index >= 15 is 0 Å². The van der Waals surface area contributed by atoms with Crippen molar-refractivity contribution in [3.8, 4) is 0 Å². The number of nitrogens with zero attached hydrogens (tertiary/aromatic N) is 3. The lowest BCUT2D eigenvalue weighted by Gasteiger charge is -2.35. The minimum absolute atomic E-state index is 0.419. The highest BCUT2D eigenvalue weighted by Crippen LogP contribution is 2.18. The smallest absolute Gasteiger partial charge is 0.244 e. The number of H-pyrrole nitrogens is 1. The van der Waals surface area contributed by atoms with Crippen LogP contribution in [0.4, 0.5) is 5.95 Å². The summed E-state index contributed by atoms with van der Waals surface area (Å²) in [6.07, 6.45) is 4.77. The van der Waals surface area contributed by atoms with Gasteiger partial charge in [0.05, 0.1) is 6.10 Å². The van der Waals surface area contributed by atoms with Gasteiger partial charge in [-0.3, -0.25) is 5.10 Å². The summed E-state index contributed by atoms with van der Waals surface area (Å²) in [6, 6.07) is 0.958. The molecule has 1 aromatic heterocycles. The van der Waals surface area contributed by atoms with Crippen LogP contribution in [0.25, 0.3) is 0 Å². The van der Waals surface area contributed by atoms with Gasteiger partial charge in [-0.1, -0.05) is 0 Å². The van der Waals surface area contributed by atoms with Crippen molar-refractivity contribution in [1.82, 2.24) is 20.5 Å². The monoisotopic (exact) mass is 279 g/mol. The molecule has 0 bridgehead atoms. The Morgan fingerprint density at radius 3 is 2.80 bits per heavy atom. The fourth-order valence-corrected chi connectivity index (χ4v) is 3.20. The molecule has 0 spiro atoms. The van der Waals surface area contributed by atoms with E-state index in [1.807, 2.05) is 0 Å². The average molecular weight is 279 g/mol. The number of hydrogen-bond donors (Lipinski definition) is 2. The number of aryl methyl sites for hydroxylation is 1. The third-order valence-electron chi connectivity index (χ3n) is 4.09. The van der Waals surface area contributed by atoms with Crippen molar-refractivity contribution < 1.29 is 4.74 Å². The SMILES string of the molecule is CC1CN(c2n[nH]c(CCC3CCCO3)n2)CC(C)N1. The van der Waals surface area contributed by atoms with Gasteiger partial charge in [-0.25, -0.2) is 0 Å². The first-order valence-electron chi connectivity index (χ1n) is 7.74. The minimum atomic E-state index is 0.419. The van der Waals surface area contributed by atoms with Crippen LogP contribution in [0.1, 0.15) is 38.9 Å². The van der Waals surface area contributed by atoms with E-state index in [2.05, 4.69) is 39.2 Å². The molecule has 6 heteroatoms. The molecule has 2 N–H and O–H groups in total. The normalized spacial score (nSPS) is 30.9. The molecule has 1 aromatic rings. The summed E-state index contributed by atoms with van der Waals surface area (Å²) in [5, 5.41) is 11.0. The van der Waals surface area contributed by atoms with Gasteiger partial charge in [0.25, 0.3) is 0 Å². The Morgan fingerprint density at radius 2 is 2.10 bits per heavy atom. The summed E-state index contributed by atoms with van der Waals surface area (Å²) in [4.78, 5) is 6.90. The molecular weight excluding hydrogens is 254 g/mol. The molecular formula is C14H25N5O. The number of hydrogen-bond acceptors (Lipinski definition) is 5. The molecule has 2 saturated heterocycles. The molecule has 2 fully saturated rings. The van der Waals surface area contributed by atoms with Crippen LogP contribution in [-0.4, -0.2) is 53.1 Å². The van der Waals surface area contributed by atoms with E-state index in [-0.39, 0.29) is 0 Å². The number of anilines is 1. The first-order chi connectivity index (χ1) is 9.70. The largest absolute Gasteiger partial charge is 0.378 e. The van der Waals surface area contributed by atoms with E-state index < -0.39 is 0 Å². The zero-order valence-electron chi connectivity index (χ0n) is 12.4. The lowest BCUT2D eigenvalue weighted by atomic mass is 10.1. The zero-order chi connectivity index (χ0) is 13.9. The molecule has 0 amide bonds. The van der Waals surface area contributed by atoms with Gasteiger partial charge >= 0.3 is 0 Å². The first-order valence-corrected chi connectivity index (χ1v) is 7.74. The molecule has 20 heavy (non-hydrogen) atoms. The molecule has 3 heterocycles. The summed E-state index contributed by atoms with van der Waals surface area (Å²) in [6.45, 7) is 7.25. The summed E-state index contributed by atoms with van der Waals surface area (Å²) in [7, 11) is 0. The Labute approximate surface area is 120 Å². The molecule has 2 aliphatic rings. The van der Waals surface area contributed by atoms with Crippen molar-refractivity contribution in [2.75, 3.05) is 24.6 Å². The molecule has 6 nitrogen and oxygen atoms in total. The molecule has 2 aliphatic heterocycles. The van der Waals surface area contributed by atoms with Crippen molar-refractivity contribution in [3.63, 3.8) is 0 Å². The maximum Gasteiger partial charge on any atom is 0.244 e. The topological polar surface area (TPSA) is 66.1 Å². The van der Waals surface area contributed by atoms with E-state index in [0.717, 1.165) is 44.3 Å². The predicted octanol–water partition coefficient (Wildman–Crippen LogP) is 1.10. The van der Waals surface area contributed by atoms with Gasteiger partial charge in [0.15, 0.2) is 0 Å². The Bertz CT molecular complexity index is 419. The summed E-state index contributed by atoms with van der Waals surface area (Å²) < 4.78 is 5.65. The van der Waals surface area contributed by atoms with Crippen molar-refractivity contribution in [2.24, 2.45) is 0 Å². The van der Waals surface area contributed by atoms with Crippen molar-refractivity contribution in [1.29, 1.82) is 0 Å². The first kappa shape index (κ1) is 13.8. The second-order valence-corrected chi connectivity index (χ2v) is 6.13.